The van der Waals surface area contributed by atoms with E-state index >= 15 is 0 Å². The van der Waals surface area contributed by atoms with Crippen molar-refractivity contribution in [1.29, 1.82) is 0 Å². The van der Waals surface area contributed by atoms with Crippen LogP contribution in [0.5, 0.6) is 0 Å². The van der Waals surface area contributed by atoms with Crippen LogP contribution in [0.2, 0.25) is 0 Å². The van der Waals surface area contributed by atoms with E-state index in [1.54, 1.807) is 33.2 Å². The molecule has 1 rings (SSSR count). The average Bonchev–Trinajstić information content (AvgIpc) is 2.57. The number of aromatic nitrogens is 1. The lowest BCUT2D eigenvalue weighted by atomic mass is 10.1. The first-order chi connectivity index (χ1) is 11.6. The second kappa shape index (κ2) is 11.3. The van der Waals surface area contributed by atoms with Gasteiger partial charge in [-0.15, -0.1) is 0 Å². The maximum Gasteiger partial charge on any atom is 0.345 e. The molecule has 7 heteroatoms. The summed E-state index contributed by atoms with van der Waals surface area (Å²) in [6.45, 7) is 4.33. The molecule has 0 saturated carbocycles. The smallest absolute Gasteiger partial charge is 0.345 e. The molecule has 0 aliphatic carbocycles. The molecule has 0 fully saturated rings. The molecule has 1 aromatic heterocycles. The molecule has 0 aliphatic rings. The SMILES string of the molecule is CCOC(=O)C(=CCc1ccc(COCOC)cn1)C(=O)OCC. The summed E-state index contributed by atoms with van der Waals surface area (Å²) in [5.41, 5.74) is 1.49. The van der Waals surface area contributed by atoms with Gasteiger partial charge in [-0.05, 0) is 25.5 Å². The molecule has 0 radical (unpaired) electrons. The summed E-state index contributed by atoms with van der Waals surface area (Å²) in [6, 6.07) is 3.66. The summed E-state index contributed by atoms with van der Waals surface area (Å²) in [5.74, 6) is -1.39. The van der Waals surface area contributed by atoms with Crippen molar-refractivity contribution in [3.8, 4) is 0 Å². The van der Waals surface area contributed by atoms with Crippen molar-refractivity contribution in [2.75, 3.05) is 27.1 Å². The summed E-state index contributed by atoms with van der Waals surface area (Å²) in [5, 5.41) is 0. The zero-order valence-corrected chi connectivity index (χ0v) is 14.2. The quantitative estimate of drug-likeness (QED) is 0.161. The first-order valence-electron chi connectivity index (χ1n) is 7.67. The molecule has 1 heterocycles. The molecule has 0 aliphatic heterocycles. The van der Waals surface area contributed by atoms with E-state index in [0.29, 0.717) is 18.7 Å². The minimum absolute atomic E-state index is 0.118. The number of allylic oxidation sites excluding steroid dienone is 1. The molecule has 0 atom stereocenters. The lowest BCUT2D eigenvalue weighted by Gasteiger charge is -2.07. The van der Waals surface area contributed by atoms with Crippen LogP contribution in [0.15, 0.2) is 30.0 Å². The summed E-state index contributed by atoms with van der Waals surface area (Å²) >= 11 is 0. The molecular formula is C17H23NO6. The van der Waals surface area contributed by atoms with Crippen LogP contribution in [-0.2, 0) is 41.6 Å². The Morgan fingerprint density at radius 1 is 1.12 bits per heavy atom. The minimum Gasteiger partial charge on any atom is -0.462 e. The van der Waals surface area contributed by atoms with Gasteiger partial charge in [0.15, 0.2) is 0 Å². The third-order valence-corrected chi connectivity index (χ3v) is 2.86. The first-order valence-corrected chi connectivity index (χ1v) is 7.67. The van der Waals surface area contributed by atoms with Crippen molar-refractivity contribution in [2.45, 2.75) is 26.9 Å². The third kappa shape index (κ3) is 6.89. The Labute approximate surface area is 141 Å². The number of pyridine rings is 1. The van der Waals surface area contributed by atoms with Gasteiger partial charge in [-0.25, -0.2) is 9.59 Å². The van der Waals surface area contributed by atoms with Crippen molar-refractivity contribution >= 4 is 11.9 Å². The fraction of sp³-hybridized carbons (Fsp3) is 0.471. The molecular weight excluding hydrogens is 314 g/mol. The first kappa shape index (κ1) is 19.8. The predicted octanol–water partition coefficient (Wildman–Crippen LogP) is 1.80. The molecule has 0 bridgehead atoms. The van der Waals surface area contributed by atoms with E-state index in [0.717, 1.165) is 5.56 Å². The number of hydrogen-bond acceptors (Lipinski definition) is 7. The Kier molecular flexibility index (Phi) is 9.33. The van der Waals surface area contributed by atoms with E-state index in [1.807, 2.05) is 6.07 Å². The van der Waals surface area contributed by atoms with Gasteiger partial charge in [-0.3, -0.25) is 4.98 Å². The number of carbonyl (C=O) groups excluding carboxylic acids is 2. The van der Waals surface area contributed by atoms with Gasteiger partial charge < -0.3 is 18.9 Å². The minimum atomic E-state index is -0.694. The highest BCUT2D eigenvalue weighted by Crippen LogP contribution is 2.08. The molecule has 0 N–H and O–H groups in total. The van der Waals surface area contributed by atoms with Crippen molar-refractivity contribution in [3.05, 3.63) is 41.2 Å². The number of carbonyl (C=O) groups is 2. The molecule has 24 heavy (non-hydrogen) atoms. The normalized spacial score (nSPS) is 10.1. The number of methoxy groups -OCH3 is 1. The van der Waals surface area contributed by atoms with Gasteiger partial charge in [0.05, 0.1) is 19.8 Å². The lowest BCUT2D eigenvalue weighted by Crippen LogP contribution is -2.18. The van der Waals surface area contributed by atoms with Gasteiger partial charge in [0.25, 0.3) is 0 Å². The van der Waals surface area contributed by atoms with Crippen LogP contribution in [0.1, 0.15) is 25.1 Å². The standard InChI is InChI=1S/C17H23NO6/c1-4-23-16(19)15(17(20)24-5-2)9-8-14-7-6-13(10-18-14)11-22-12-21-3/h6-7,9-10H,4-5,8,11-12H2,1-3H3. The van der Waals surface area contributed by atoms with E-state index in [9.17, 15) is 9.59 Å². The highest BCUT2D eigenvalue weighted by atomic mass is 16.7. The molecule has 0 saturated heterocycles. The topological polar surface area (TPSA) is 84.0 Å². The van der Waals surface area contributed by atoms with Crippen LogP contribution < -0.4 is 0 Å². The average molecular weight is 337 g/mol. The van der Waals surface area contributed by atoms with E-state index in [4.69, 9.17) is 18.9 Å². The fourth-order valence-corrected chi connectivity index (χ4v) is 1.78. The summed E-state index contributed by atoms with van der Waals surface area (Å²) < 4.78 is 19.8. The van der Waals surface area contributed by atoms with Crippen molar-refractivity contribution in [3.63, 3.8) is 0 Å². The molecule has 1 aromatic rings. The maximum absolute atomic E-state index is 11.8. The Hall–Kier alpha value is -2.25. The van der Waals surface area contributed by atoms with Crippen LogP contribution in [0, 0.1) is 0 Å². The number of hydrogen-bond donors (Lipinski definition) is 0. The third-order valence-electron chi connectivity index (χ3n) is 2.86. The number of ether oxygens (including phenoxy) is 4. The molecule has 0 aromatic carbocycles. The van der Waals surface area contributed by atoms with Crippen LogP contribution in [0.3, 0.4) is 0 Å². The predicted molar refractivity (Wildman–Crippen MR) is 86.0 cm³/mol. The Morgan fingerprint density at radius 3 is 2.29 bits per heavy atom. The van der Waals surface area contributed by atoms with Crippen LogP contribution >= 0.6 is 0 Å². The highest BCUT2D eigenvalue weighted by molar-refractivity contribution is 6.14. The molecule has 0 unspecified atom stereocenters. The van der Waals surface area contributed by atoms with Gasteiger partial charge >= 0.3 is 11.9 Å². The molecule has 132 valence electrons. The monoisotopic (exact) mass is 337 g/mol. The van der Waals surface area contributed by atoms with E-state index in [-0.39, 0.29) is 25.6 Å². The second-order valence-electron chi connectivity index (χ2n) is 4.68. The van der Waals surface area contributed by atoms with Gasteiger partial charge in [-0.2, -0.15) is 0 Å². The number of rotatable bonds is 10. The summed E-state index contributed by atoms with van der Waals surface area (Å²) in [7, 11) is 1.55. The molecule has 7 nitrogen and oxygen atoms in total. The van der Waals surface area contributed by atoms with Crippen molar-refractivity contribution in [1.82, 2.24) is 4.98 Å². The molecule has 0 amide bonds. The van der Waals surface area contributed by atoms with Crippen LogP contribution in [0.25, 0.3) is 0 Å². The summed E-state index contributed by atoms with van der Waals surface area (Å²) in [6.07, 6.45) is 3.46. The van der Waals surface area contributed by atoms with Crippen molar-refractivity contribution in [2.24, 2.45) is 0 Å². The van der Waals surface area contributed by atoms with Gasteiger partial charge in [-0.1, -0.05) is 12.1 Å². The fourth-order valence-electron chi connectivity index (χ4n) is 1.78. The second-order valence-corrected chi connectivity index (χ2v) is 4.68. The van der Waals surface area contributed by atoms with Gasteiger partial charge in [0, 0.05) is 25.4 Å². The van der Waals surface area contributed by atoms with Gasteiger partial charge in [0.1, 0.15) is 12.4 Å². The maximum atomic E-state index is 11.8. The zero-order chi connectivity index (χ0) is 17.8. The Bertz CT molecular complexity index is 533. The van der Waals surface area contributed by atoms with Crippen molar-refractivity contribution < 1.29 is 28.5 Å². The van der Waals surface area contributed by atoms with Crippen LogP contribution in [-0.4, -0.2) is 44.0 Å². The largest absolute Gasteiger partial charge is 0.462 e. The summed E-state index contributed by atoms with van der Waals surface area (Å²) in [4.78, 5) is 28.0. The van der Waals surface area contributed by atoms with Crippen LogP contribution in [0.4, 0.5) is 0 Å². The van der Waals surface area contributed by atoms with Gasteiger partial charge in [0.2, 0.25) is 0 Å². The zero-order valence-electron chi connectivity index (χ0n) is 14.2. The molecule has 0 spiro atoms. The van der Waals surface area contributed by atoms with E-state index in [1.165, 1.54) is 6.08 Å². The Morgan fingerprint density at radius 2 is 1.79 bits per heavy atom. The Balaban J connectivity index is 2.73. The highest BCUT2D eigenvalue weighted by Gasteiger charge is 2.20. The van der Waals surface area contributed by atoms with E-state index < -0.39 is 11.9 Å². The number of esters is 2. The lowest BCUT2D eigenvalue weighted by molar-refractivity contribution is -0.146. The number of nitrogens with zero attached hydrogens (tertiary/aromatic N) is 1. The van der Waals surface area contributed by atoms with E-state index in [2.05, 4.69) is 4.98 Å².